The first-order chi connectivity index (χ1) is 14.8. The van der Waals surface area contributed by atoms with Gasteiger partial charge in [0.15, 0.2) is 0 Å². The van der Waals surface area contributed by atoms with Crippen LogP contribution in [0.25, 0.3) is 0 Å². The van der Waals surface area contributed by atoms with Crippen molar-refractivity contribution in [3.63, 3.8) is 0 Å². The molecule has 0 aliphatic rings. The monoisotopic (exact) mass is 454 g/mol. The zero-order chi connectivity index (χ0) is 22.4. The summed E-state index contributed by atoms with van der Waals surface area (Å²) >= 11 is 1.65. The number of nitrogens with one attached hydrogen (secondary N) is 2. The van der Waals surface area contributed by atoms with Crippen LogP contribution in [-0.2, 0) is 10.0 Å². The zero-order valence-corrected chi connectivity index (χ0v) is 19.4. The average Bonchev–Trinajstić information content (AvgIpc) is 2.75. The first kappa shape index (κ1) is 22.9. The maximum absolute atomic E-state index is 13.0. The van der Waals surface area contributed by atoms with Gasteiger partial charge in [-0.2, -0.15) is 0 Å². The molecule has 0 aromatic heterocycles. The Bertz CT molecular complexity index is 1180. The number of aryl methyl sites for hydroxylation is 2. The molecule has 3 aromatic rings. The van der Waals surface area contributed by atoms with Crippen molar-refractivity contribution in [3.05, 3.63) is 89.0 Å². The molecule has 0 bridgehead atoms. The second kappa shape index (κ2) is 10.0. The molecular weight excluding hydrogens is 428 g/mol. The molecule has 0 saturated heterocycles. The van der Waals surface area contributed by atoms with Crippen LogP contribution >= 0.6 is 11.8 Å². The first-order valence-electron chi connectivity index (χ1n) is 9.93. The molecule has 3 aromatic carbocycles. The summed E-state index contributed by atoms with van der Waals surface area (Å²) in [6, 6.07) is 20.2. The van der Waals surface area contributed by atoms with Gasteiger partial charge in [-0.25, -0.2) is 8.42 Å². The number of hydrogen-bond donors (Lipinski definition) is 2. The van der Waals surface area contributed by atoms with E-state index in [1.165, 1.54) is 6.07 Å². The lowest BCUT2D eigenvalue weighted by Gasteiger charge is -2.14. The Hall–Kier alpha value is -2.77. The van der Waals surface area contributed by atoms with Gasteiger partial charge in [-0.1, -0.05) is 36.4 Å². The Kier molecular flexibility index (Phi) is 7.41. The summed E-state index contributed by atoms with van der Waals surface area (Å²) in [5.74, 6) is 0.429. The van der Waals surface area contributed by atoms with Crippen molar-refractivity contribution >= 4 is 33.4 Å². The number of carbonyl (C=O) groups excluding carboxylic acids is 1. The van der Waals surface area contributed by atoms with Crippen molar-refractivity contribution in [2.45, 2.75) is 30.6 Å². The second-order valence-electron chi connectivity index (χ2n) is 7.25. The molecule has 7 heteroatoms. The van der Waals surface area contributed by atoms with Crippen molar-refractivity contribution in [1.29, 1.82) is 0 Å². The van der Waals surface area contributed by atoms with Crippen LogP contribution in [0.2, 0.25) is 0 Å². The Morgan fingerprint density at radius 1 is 0.903 bits per heavy atom. The minimum atomic E-state index is -3.83. The highest BCUT2D eigenvalue weighted by Gasteiger charge is 2.20. The van der Waals surface area contributed by atoms with E-state index in [2.05, 4.69) is 10.0 Å². The maximum atomic E-state index is 13.0. The van der Waals surface area contributed by atoms with E-state index in [-0.39, 0.29) is 10.8 Å². The summed E-state index contributed by atoms with van der Waals surface area (Å²) in [5, 5.41) is 2.86. The predicted molar refractivity (Wildman–Crippen MR) is 127 cm³/mol. The standard InChI is InChI=1S/C24H26N2O3S2/c1-17-8-7-11-22(19(17)3)26-31(28,29)23-16-20(13-12-18(23)2)24(27)25-14-15-30-21-9-5-4-6-10-21/h4-13,16,26H,14-15H2,1-3H3,(H,25,27). The molecule has 3 rings (SSSR count). The average molecular weight is 455 g/mol. The summed E-state index contributed by atoms with van der Waals surface area (Å²) in [5.41, 5.74) is 3.30. The fraction of sp³-hybridized carbons (Fsp3) is 0.208. The molecule has 0 heterocycles. The van der Waals surface area contributed by atoms with E-state index >= 15 is 0 Å². The smallest absolute Gasteiger partial charge is 0.262 e. The van der Waals surface area contributed by atoms with Crippen LogP contribution in [-0.4, -0.2) is 26.6 Å². The number of rotatable bonds is 8. The molecule has 0 spiro atoms. The Balaban J connectivity index is 1.70. The molecule has 162 valence electrons. The Labute approximate surface area is 188 Å². The number of thioether (sulfide) groups is 1. The van der Waals surface area contributed by atoms with Crippen LogP contribution < -0.4 is 10.0 Å². The molecule has 0 aliphatic heterocycles. The number of hydrogen-bond acceptors (Lipinski definition) is 4. The van der Waals surface area contributed by atoms with Gasteiger partial charge in [0, 0.05) is 22.8 Å². The second-order valence-corrected chi connectivity index (χ2v) is 10.1. The van der Waals surface area contributed by atoms with Crippen LogP contribution in [0.1, 0.15) is 27.0 Å². The minimum Gasteiger partial charge on any atom is -0.351 e. The third-order valence-electron chi connectivity index (χ3n) is 4.99. The summed E-state index contributed by atoms with van der Waals surface area (Å²) in [7, 11) is -3.83. The van der Waals surface area contributed by atoms with Crippen molar-refractivity contribution in [2.75, 3.05) is 17.0 Å². The van der Waals surface area contributed by atoms with Crippen LogP contribution in [0.3, 0.4) is 0 Å². The maximum Gasteiger partial charge on any atom is 0.262 e. The number of carbonyl (C=O) groups is 1. The van der Waals surface area contributed by atoms with Gasteiger partial charge in [0.25, 0.3) is 15.9 Å². The molecule has 0 fully saturated rings. The highest BCUT2D eigenvalue weighted by molar-refractivity contribution is 7.99. The molecule has 0 unspecified atom stereocenters. The highest BCUT2D eigenvalue weighted by atomic mass is 32.2. The van der Waals surface area contributed by atoms with Crippen molar-refractivity contribution in [3.8, 4) is 0 Å². The molecule has 0 radical (unpaired) electrons. The van der Waals surface area contributed by atoms with E-state index in [9.17, 15) is 13.2 Å². The Morgan fingerprint density at radius 3 is 2.39 bits per heavy atom. The molecule has 0 atom stereocenters. The highest BCUT2D eigenvalue weighted by Crippen LogP contribution is 2.24. The lowest BCUT2D eigenvalue weighted by Crippen LogP contribution is -2.26. The van der Waals surface area contributed by atoms with E-state index in [0.717, 1.165) is 21.8 Å². The SMILES string of the molecule is Cc1ccc(C(=O)NCCSc2ccccc2)cc1S(=O)(=O)Nc1cccc(C)c1C. The molecule has 5 nitrogen and oxygen atoms in total. The topological polar surface area (TPSA) is 75.3 Å². The van der Waals surface area contributed by atoms with Gasteiger partial charge in [-0.3, -0.25) is 9.52 Å². The number of benzene rings is 3. The van der Waals surface area contributed by atoms with Crippen LogP contribution in [0, 0.1) is 20.8 Å². The van der Waals surface area contributed by atoms with Gasteiger partial charge in [0.1, 0.15) is 0 Å². The van der Waals surface area contributed by atoms with E-state index in [4.69, 9.17) is 0 Å². The molecule has 0 aliphatic carbocycles. The molecule has 2 N–H and O–H groups in total. The first-order valence-corrected chi connectivity index (χ1v) is 12.4. The lowest BCUT2D eigenvalue weighted by molar-refractivity contribution is 0.0956. The van der Waals surface area contributed by atoms with Gasteiger partial charge in [-0.15, -0.1) is 11.8 Å². The van der Waals surface area contributed by atoms with Gasteiger partial charge >= 0.3 is 0 Å². The molecular formula is C24H26N2O3S2. The fourth-order valence-electron chi connectivity index (χ4n) is 3.04. The number of sulfonamides is 1. The number of anilines is 1. The predicted octanol–water partition coefficient (Wildman–Crippen LogP) is 4.93. The number of amides is 1. The van der Waals surface area contributed by atoms with E-state index in [1.807, 2.05) is 56.3 Å². The van der Waals surface area contributed by atoms with Crippen molar-refractivity contribution < 1.29 is 13.2 Å². The van der Waals surface area contributed by atoms with E-state index in [1.54, 1.807) is 36.9 Å². The zero-order valence-electron chi connectivity index (χ0n) is 17.8. The van der Waals surface area contributed by atoms with E-state index in [0.29, 0.717) is 23.4 Å². The van der Waals surface area contributed by atoms with Gasteiger partial charge < -0.3 is 5.32 Å². The summed E-state index contributed by atoms with van der Waals surface area (Å²) in [6.45, 7) is 6.00. The van der Waals surface area contributed by atoms with E-state index < -0.39 is 10.0 Å². The summed E-state index contributed by atoms with van der Waals surface area (Å²) < 4.78 is 28.7. The minimum absolute atomic E-state index is 0.0970. The van der Waals surface area contributed by atoms with Crippen LogP contribution in [0.4, 0.5) is 5.69 Å². The molecule has 1 amide bonds. The van der Waals surface area contributed by atoms with Gasteiger partial charge in [0.2, 0.25) is 0 Å². The molecule has 0 saturated carbocycles. The quantitative estimate of drug-likeness (QED) is 0.374. The molecule has 31 heavy (non-hydrogen) atoms. The van der Waals surface area contributed by atoms with Gasteiger partial charge in [0.05, 0.1) is 10.6 Å². The van der Waals surface area contributed by atoms with Gasteiger partial charge in [-0.05, 0) is 67.8 Å². The third kappa shape index (κ3) is 5.89. The van der Waals surface area contributed by atoms with Crippen LogP contribution in [0.15, 0.2) is 76.5 Å². The summed E-state index contributed by atoms with van der Waals surface area (Å²) in [6.07, 6.45) is 0. The summed E-state index contributed by atoms with van der Waals surface area (Å²) in [4.78, 5) is 13.8. The Morgan fingerprint density at radius 2 is 1.65 bits per heavy atom. The van der Waals surface area contributed by atoms with Crippen LogP contribution in [0.5, 0.6) is 0 Å². The third-order valence-corrected chi connectivity index (χ3v) is 7.51. The normalized spacial score (nSPS) is 11.2. The van der Waals surface area contributed by atoms with Crippen molar-refractivity contribution in [1.82, 2.24) is 5.32 Å². The fourth-order valence-corrected chi connectivity index (χ4v) is 5.23. The lowest BCUT2D eigenvalue weighted by atomic mass is 10.1. The largest absolute Gasteiger partial charge is 0.351 e. The van der Waals surface area contributed by atoms with Crippen molar-refractivity contribution in [2.24, 2.45) is 0 Å².